The topological polar surface area (TPSA) is 35.8 Å². The van der Waals surface area contributed by atoms with Crippen LogP contribution in [0.5, 0.6) is 0 Å². The van der Waals surface area contributed by atoms with Gasteiger partial charge >= 0.3 is 0 Å². The van der Waals surface area contributed by atoms with E-state index in [2.05, 4.69) is 18.3 Å². The van der Waals surface area contributed by atoms with E-state index < -0.39 is 0 Å². The molecule has 0 spiro atoms. The fraction of sp³-hybridized carbons (Fsp3) is 0.875. The van der Waals surface area contributed by atoms with Crippen molar-refractivity contribution in [1.82, 2.24) is 5.32 Å². The van der Waals surface area contributed by atoms with Gasteiger partial charge < -0.3 is 5.32 Å². The maximum atomic E-state index is 8.43. The third kappa shape index (κ3) is 2.00. The van der Waals surface area contributed by atoms with Crippen molar-refractivity contribution >= 4 is 0 Å². The van der Waals surface area contributed by atoms with Crippen molar-refractivity contribution < 1.29 is 0 Å². The van der Waals surface area contributed by atoms with Crippen molar-refractivity contribution in [3.8, 4) is 6.07 Å². The molecule has 1 rings (SSSR count). The smallest absolute Gasteiger partial charge is 0.0625 e. The van der Waals surface area contributed by atoms with Gasteiger partial charge in [0.15, 0.2) is 0 Å². The summed E-state index contributed by atoms with van der Waals surface area (Å²) in [6, 6.07) is 2.22. The monoisotopic (exact) mass is 138 g/mol. The molecule has 0 radical (unpaired) electrons. The lowest BCUT2D eigenvalue weighted by molar-refractivity contribution is 0.306. The van der Waals surface area contributed by atoms with E-state index in [1.165, 1.54) is 6.42 Å². The summed E-state index contributed by atoms with van der Waals surface area (Å²) in [5, 5.41) is 11.7. The molecule has 2 atom stereocenters. The lowest BCUT2D eigenvalue weighted by Gasteiger charge is -2.25. The van der Waals surface area contributed by atoms with E-state index in [1.807, 2.05) is 0 Å². The number of nitriles is 1. The van der Waals surface area contributed by atoms with Gasteiger partial charge in [-0.05, 0) is 31.3 Å². The molecular formula is C8H14N2. The van der Waals surface area contributed by atoms with Crippen LogP contribution in [0.3, 0.4) is 0 Å². The minimum Gasteiger partial charge on any atom is -0.316 e. The summed E-state index contributed by atoms with van der Waals surface area (Å²) in [6.45, 7) is 4.40. The molecule has 0 bridgehead atoms. The standard InChI is InChI=1S/C8H14N2/c1-7-4-8(2-3-9)6-10-5-7/h7-8,10H,2,4-6H2,1H3. The van der Waals surface area contributed by atoms with E-state index >= 15 is 0 Å². The Bertz CT molecular complexity index is 137. The Morgan fingerprint density at radius 2 is 2.40 bits per heavy atom. The molecule has 1 heterocycles. The zero-order chi connectivity index (χ0) is 7.40. The molecule has 0 aromatic rings. The van der Waals surface area contributed by atoms with Crippen LogP contribution < -0.4 is 5.32 Å². The van der Waals surface area contributed by atoms with Crippen LogP contribution in [0, 0.1) is 23.2 Å². The van der Waals surface area contributed by atoms with Crippen LogP contribution >= 0.6 is 0 Å². The SMILES string of the molecule is CC1CNCC(CC#N)C1. The summed E-state index contributed by atoms with van der Waals surface area (Å²) in [4.78, 5) is 0. The first-order valence-corrected chi connectivity index (χ1v) is 3.90. The number of hydrogen-bond acceptors (Lipinski definition) is 2. The lowest BCUT2D eigenvalue weighted by Crippen LogP contribution is -2.34. The molecule has 1 saturated heterocycles. The average molecular weight is 138 g/mol. The van der Waals surface area contributed by atoms with E-state index in [9.17, 15) is 0 Å². The van der Waals surface area contributed by atoms with Crippen LogP contribution in [-0.4, -0.2) is 13.1 Å². The van der Waals surface area contributed by atoms with Crippen molar-refractivity contribution in [3.63, 3.8) is 0 Å². The minimum atomic E-state index is 0.605. The molecule has 0 saturated carbocycles. The Morgan fingerprint density at radius 3 is 3.00 bits per heavy atom. The number of hydrogen-bond donors (Lipinski definition) is 1. The molecule has 0 aliphatic carbocycles. The van der Waals surface area contributed by atoms with E-state index in [-0.39, 0.29) is 0 Å². The van der Waals surface area contributed by atoms with E-state index in [0.717, 1.165) is 25.4 Å². The third-order valence-electron chi connectivity index (χ3n) is 2.04. The molecule has 0 amide bonds. The Balaban J connectivity index is 2.27. The predicted molar refractivity (Wildman–Crippen MR) is 40.4 cm³/mol. The molecule has 2 unspecified atom stereocenters. The van der Waals surface area contributed by atoms with Gasteiger partial charge in [-0.1, -0.05) is 6.92 Å². The molecule has 10 heavy (non-hydrogen) atoms. The van der Waals surface area contributed by atoms with Gasteiger partial charge in [-0.15, -0.1) is 0 Å². The van der Waals surface area contributed by atoms with Gasteiger partial charge in [0, 0.05) is 6.42 Å². The van der Waals surface area contributed by atoms with Crippen molar-refractivity contribution in [2.45, 2.75) is 19.8 Å². The van der Waals surface area contributed by atoms with Gasteiger partial charge in [0.1, 0.15) is 0 Å². The summed E-state index contributed by atoms with van der Waals surface area (Å²) in [5.41, 5.74) is 0. The maximum absolute atomic E-state index is 8.43. The molecule has 0 aromatic heterocycles. The molecule has 1 fully saturated rings. The maximum Gasteiger partial charge on any atom is 0.0625 e. The molecule has 1 aliphatic heterocycles. The Kier molecular flexibility index (Phi) is 2.70. The molecule has 2 nitrogen and oxygen atoms in total. The van der Waals surface area contributed by atoms with Crippen LogP contribution in [0.15, 0.2) is 0 Å². The van der Waals surface area contributed by atoms with Crippen LogP contribution in [0.2, 0.25) is 0 Å². The van der Waals surface area contributed by atoms with E-state index in [1.54, 1.807) is 0 Å². The summed E-state index contributed by atoms with van der Waals surface area (Å²) < 4.78 is 0. The third-order valence-corrected chi connectivity index (χ3v) is 2.04. The van der Waals surface area contributed by atoms with Crippen LogP contribution in [0.1, 0.15) is 19.8 Å². The molecule has 56 valence electrons. The summed E-state index contributed by atoms with van der Waals surface area (Å²) >= 11 is 0. The molecule has 1 N–H and O–H groups in total. The average Bonchev–Trinajstić information content (AvgIpc) is 1.88. The van der Waals surface area contributed by atoms with E-state index in [0.29, 0.717) is 5.92 Å². The first-order chi connectivity index (χ1) is 4.83. The fourth-order valence-electron chi connectivity index (χ4n) is 1.55. The summed E-state index contributed by atoms with van der Waals surface area (Å²) in [5.74, 6) is 1.36. The zero-order valence-electron chi connectivity index (χ0n) is 6.43. The number of nitrogens with one attached hydrogen (secondary N) is 1. The first kappa shape index (κ1) is 7.56. The second kappa shape index (κ2) is 3.58. The largest absolute Gasteiger partial charge is 0.316 e. The van der Waals surface area contributed by atoms with E-state index in [4.69, 9.17) is 5.26 Å². The zero-order valence-corrected chi connectivity index (χ0v) is 6.43. The number of piperidine rings is 1. The highest BCUT2D eigenvalue weighted by Crippen LogP contribution is 2.17. The Morgan fingerprint density at radius 1 is 1.60 bits per heavy atom. The minimum absolute atomic E-state index is 0.605. The van der Waals surface area contributed by atoms with Crippen molar-refractivity contribution in [2.24, 2.45) is 11.8 Å². The van der Waals surface area contributed by atoms with Gasteiger partial charge in [0.05, 0.1) is 6.07 Å². The van der Waals surface area contributed by atoms with Crippen molar-refractivity contribution in [1.29, 1.82) is 5.26 Å². The highest BCUT2D eigenvalue weighted by molar-refractivity contribution is 4.81. The number of rotatable bonds is 1. The predicted octanol–water partition coefficient (Wildman–Crippen LogP) is 1.15. The molecule has 2 heteroatoms. The second-order valence-electron chi connectivity index (χ2n) is 3.23. The second-order valence-corrected chi connectivity index (χ2v) is 3.23. The van der Waals surface area contributed by atoms with Crippen LogP contribution in [0.4, 0.5) is 0 Å². The Hall–Kier alpha value is -0.550. The quantitative estimate of drug-likeness (QED) is 0.590. The summed E-state index contributed by atoms with van der Waals surface area (Å²) in [7, 11) is 0. The van der Waals surface area contributed by atoms with Crippen molar-refractivity contribution in [2.75, 3.05) is 13.1 Å². The van der Waals surface area contributed by atoms with Gasteiger partial charge in [0.25, 0.3) is 0 Å². The summed E-state index contributed by atoms with van der Waals surface area (Å²) in [6.07, 6.45) is 1.94. The lowest BCUT2D eigenvalue weighted by atomic mass is 9.90. The van der Waals surface area contributed by atoms with Crippen molar-refractivity contribution in [3.05, 3.63) is 0 Å². The van der Waals surface area contributed by atoms with Gasteiger partial charge in [-0.2, -0.15) is 5.26 Å². The van der Waals surface area contributed by atoms with Gasteiger partial charge in [-0.25, -0.2) is 0 Å². The normalized spacial score (nSPS) is 33.2. The molecular weight excluding hydrogens is 124 g/mol. The van der Waals surface area contributed by atoms with Crippen LogP contribution in [-0.2, 0) is 0 Å². The Labute approximate surface area is 62.2 Å². The number of nitrogens with zero attached hydrogens (tertiary/aromatic N) is 1. The van der Waals surface area contributed by atoms with Gasteiger partial charge in [-0.3, -0.25) is 0 Å². The fourth-order valence-corrected chi connectivity index (χ4v) is 1.55. The highest BCUT2D eigenvalue weighted by atomic mass is 14.9. The molecule has 1 aliphatic rings. The first-order valence-electron chi connectivity index (χ1n) is 3.90. The van der Waals surface area contributed by atoms with Crippen LogP contribution in [0.25, 0.3) is 0 Å². The molecule has 0 aromatic carbocycles. The van der Waals surface area contributed by atoms with Gasteiger partial charge in [0.2, 0.25) is 0 Å². The highest BCUT2D eigenvalue weighted by Gasteiger charge is 2.17.